The van der Waals surface area contributed by atoms with Gasteiger partial charge in [0.2, 0.25) is 0 Å². The van der Waals surface area contributed by atoms with Gasteiger partial charge >= 0.3 is 0 Å². The summed E-state index contributed by atoms with van der Waals surface area (Å²) in [7, 11) is -3.00. The Labute approximate surface area is 111 Å². The highest BCUT2D eigenvalue weighted by atomic mass is 32.2. The van der Waals surface area contributed by atoms with E-state index in [1.165, 1.54) is 19.1 Å². The van der Waals surface area contributed by atoms with Crippen LogP contribution in [0.1, 0.15) is 40.0 Å². The summed E-state index contributed by atoms with van der Waals surface area (Å²) in [6.45, 7) is 7.49. The number of nitrogens with one attached hydrogen (secondary N) is 1. The molecule has 1 aliphatic heterocycles. The number of sulfone groups is 1. The molecule has 1 aliphatic carbocycles. The summed E-state index contributed by atoms with van der Waals surface area (Å²) in [5.74, 6) is 0. The monoisotopic (exact) mass is 274 g/mol. The van der Waals surface area contributed by atoms with Gasteiger partial charge in [-0.1, -0.05) is 0 Å². The first-order valence-electron chi connectivity index (χ1n) is 6.89. The van der Waals surface area contributed by atoms with E-state index in [0.717, 1.165) is 19.0 Å². The minimum absolute atomic E-state index is 0.446. The molecule has 0 aromatic carbocycles. The third-order valence-electron chi connectivity index (χ3n) is 4.46. The summed E-state index contributed by atoms with van der Waals surface area (Å²) in [6.07, 6.45) is 5.14. The molecule has 1 N–H and O–H groups in total. The zero-order valence-corrected chi connectivity index (χ0v) is 12.8. The fourth-order valence-corrected chi connectivity index (χ4v) is 2.99. The maximum atomic E-state index is 11.7. The van der Waals surface area contributed by atoms with E-state index in [0.29, 0.717) is 18.6 Å². The highest BCUT2D eigenvalue weighted by Crippen LogP contribution is 2.33. The number of hydrogen-bond donors (Lipinski definition) is 1. The molecule has 0 spiro atoms. The zero-order valence-electron chi connectivity index (χ0n) is 11.9. The van der Waals surface area contributed by atoms with E-state index in [-0.39, 0.29) is 0 Å². The molecule has 0 bridgehead atoms. The van der Waals surface area contributed by atoms with Crippen LogP contribution in [0.4, 0.5) is 0 Å². The van der Waals surface area contributed by atoms with Crippen molar-refractivity contribution in [3.63, 3.8) is 0 Å². The van der Waals surface area contributed by atoms with Gasteiger partial charge in [-0.25, -0.2) is 8.42 Å². The van der Waals surface area contributed by atoms with Crippen LogP contribution >= 0.6 is 0 Å². The first-order valence-corrected chi connectivity index (χ1v) is 8.78. The van der Waals surface area contributed by atoms with Crippen molar-refractivity contribution in [3.8, 4) is 0 Å². The lowest BCUT2D eigenvalue weighted by atomic mass is 10.1. The molecule has 18 heavy (non-hydrogen) atoms. The Kier molecular flexibility index (Phi) is 3.78. The second-order valence-corrected chi connectivity index (χ2v) is 9.27. The summed E-state index contributed by atoms with van der Waals surface area (Å²) < 4.78 is 22.6. The van der Waals surface area contributed by atoms with Crippen molar-refractivity contribution < 1.29 is 8.42 Å². The molecule has 0 amide bonds. The molecule has 1 saturated carbocycles. The Morgan fingerprint density at radius 3 is 2.44 bits per heavy atom. The summed E-state index contributed by atoms with van der Waals surface area (Å²) in [4.78, 5) is 2.57. The molecular formula is C13H26N2O2S. The van der Waals surface area contributed by atoms with E-state index in [4.69, 9.17) is 0 Å². The van der Waals surface area contributed by atoms with E-state index in [1.54, 1.807) is 13.8 Å². The maximum absolute atomic E-state index is 11.7. The topological polar surface area (TPSA) is 49.4 Å². The first kappa shape index (κ1) is 14.3. The third-order valence-corrected chi connectivity index (χ3v) is 6.61. The smallest absolute Gasteiger partial charge is 0.153 e. The predicted octanol–water partition coefficient (Wildman–Crippen LogP) is 1.02. The van der Waals surface area contributed by atoms with E-state index in [1.807, 2.05) is 0 Å². The largest absolute Gasteiger partial charge is 0.311 e. The van der Waals surface area contributed by atoms with Crippen molar-refractivity contribution in [2.24, 2.45) is 0 Å². The molecule has 2 rings (SSSR count). The molecule has 0 aromatic rings. The quantitative estimate of drug-likeness (QED) is 0.813. The third kappa shape index (κ3) is 3.06. The second-order valence-electron chi connectivity index (χ2n) is 6.62. The Hall–Kier alpha value is -0.130. The average molecular weight is 274 g/mol. The summed E-state index contributed by atoms with van der Waals surface area (Å²) >= 11 is 0. The van der Waals surface area contributed by atoms with Gasteiger partial charge in [0.05, 0.1) is 4.75 Å². The average Bonchev–Trinajstić information content (AvgIpc) is 2.99. The van der Waals surface area contributed by atoms with Gasteiger partial charge < -0.3 is 5.32 Å². The van der Waals surface area contributed by atoms with Gasteiger partial charge in [-0.3, -0.25) is 4.90 Å². The van der Waals surface area contributed by atoms with Crippen LogP contribution in [0.15, 0.2) is 0 Å². The van der Waals surface area contributed by atoms with E-state index in [9.17, 15) is 8.42 Å². The standard InChI is InChI=1S/C13H26N2O2S/c1-10-7-11(8-15(10)12-5-6-12)14-9-13(2,3)18(4,16)17/h10-12,14H,5-9H2,1-4H3. The van der Waals surface area contributed by atoms with E-state index in [2.05, 4.69) is 17.1 Å². The highest BCUT2D eigenvalue weighted by Gasteiger charge is 2.39. The van der Waals surface area contributed by atoms with Gasteiger partial charge in [0.25, 0.3) is 0 Å². The lowest BCUT2D eigenvalue weighted by molar-refractivity contribution is 0.255. The summed E-state index contributed by atoms with van der Waals surface area (Å²) in [6, 6.07) is 1.88. The van der Waals surface area contributed by atoms with Crippen LogP contribution in [0.5, 0.6) is 0 Å². The fraction of sp³-hybridized carbons (Fsp3) is 1.00. The van der Waals surface area contributed by atoms with Crippen LogP contribution < -0.4 is 5.32 Å². The van der Waals surface area contributed by atoms with Crippen molar-refractivity contribution in [1.29, 1.82) is 0 Å². The molecule has 1 saturated heterocycles. The van der Waals surface area contributed by atoms with Crippen molar-refractivity contribution in [3.05, 3.63) is 0 Å². The summed E-state index contributed by atoms with van der Waals surface area (Å²) in [5.41, 5.74) is 0. The van der Waals surface area contributed by atoms with Crippen LogP contribution in [-0.4, -0.2) is 55.5 Å². The lowest BCUT2D eigenvalue weighted by Gasteiger charge is -2.25. The number of hydrogen-bond acceptors (Lipinski definition) is 4. The first-order chi connectivity index (χ1) is 8.21. The van der Waals surface area contributed by atoms with E-state index < -0.39 is 14.6 Å². The Bertz CT molecular complexity index is 401. The van der Waals surface area contributed by atoms with Crippen LogP contribution in [0.3, 0.4) is 0 Å². The van der Waals surface area contributed by atoms with Crippen molar-refractivity contribution in [2.75, 3.05) is 19.3 Å². The molecular weight excluding hydrogens is 248 g/mol. The van der Waals surface area contributed by atoms with Crippen LogP contribution in [0.2, 0.25) is 0 Å². The Morgan fingerprint density at radius 1 is 1.33 bits per heavy atom. The molecule has 4 nitrogen and oxygen atoms in total. The Morgan fingerprint density at radius 2 is 1.94 bits per heavy atom. The van der Waals surface area contributed by atoms with Gasteiger partial charge in [-0.2, -0.15) is 0 Å². The molecule has 0 radical (unpaired) electrons. The van der Waals surface area contributed by atoms with Crippen LogP contribution in [0, 0.1) is 0 Å². The molecule has 5 heteroatoms. The predicted molar refractivity (Wildman–Crippen MR) is 74.5 cm³/mol. The fourth-order valence-electron chi connectivity index (χ4n) is 2.64. The van der Waals surface area contributed by atoms with Crippen molar-refractivity contribution in [1.82, 2.24) is 10.2 Å². The number of likely N-dealkylation sites (tertiary alicyclic amines) is 1. The van der Waals surface area contributed by atoms with E-state index >= 15 is 0 Å². The lowest BCUT2D eigenvalue weighted by Crippen LogP contribution is -2.46. The molecule has 2 fully saturated rings. The van der Waals surface area contributed by atoms with Gasteiger partial charge in [0, 0.05) is 37.5 Å². The molecule has 2 unspecified atom stereocenters. The minimum atomic E-state index is -3.00. The molecule has 1 heterocycles. The van der Waals surface area contributed by atoms with Gasteiger partial charge in [0.15, 0.2) is 9.84 Å². The SMILES string of the molecule is CC1CC(NCC(C)(C)S(C)(=O)=O)CN1C1CC1. The molecule has 106 valence electrons. The Balaban J connectivity index is 1.85. The number of rotatable bonds is 5. The molecule has 0 aromatic heterocycles. The number of nitrogens with zero attached hydrogens (tertiary/aromatic N) is 1. The van der Waals surface area contributed by atoms with Crippen LogP contribution in [-0.2, 0) is 9.84 Å². The minimum Gasteiger partial charge on any atom is -0.311 e. The summed E-state index contributed by atoms with van der Waals surface area (Å²) in [5, 5.41) is 3.45. The van der Waals surface area contributed by atoms with Crippen molar-refractivity contribution >= 4 is 9.84 Å². The molecule has 2 aliphatic rings. The second kappa shape index (κ2) is 4.76. The highest BCUT2D eigenvalue weighted by molar-refractivity contribution is 7.92. The van der Waals surface area contributed by atoms with Crippen LogP contribution in [0.25, 0.3) is 0 Å². The zero-order chi connectivity index (χ0) is 13.6. The van der Waals surface area contributed by atoms with Gasteiger partial charge in [-0.05, 0) is 40.0 Å². The van der Waals surface area contributed by atoms with Crippen molar-refractivity contribution in [2.45, 2.75) is 62.9 Å². The van der Waals surface area contributed by atoms with Gasteiger partial charge in [0.1, 0.15) is 0 Å². The molecule has 2 atom stereocenters. The van der Waals surface area contributed by atoms with Gasteiger partial charge in [-0.15, -0.1) is 0 Å². The maximum Gasteiger partial charge on any atom is 0.153 e. The normalized spacial score (nSPS) is 30.9.